The van der Waals surface area contributed by atoms with E-state index >= 15 is 0 Å². The van der Waals surface area contributed by atoms with Gasteiger partial charge in [0.05, 0.1) is 16.9 Å². The first kappa shape index (κ1) is 8.91. The lowest BCUT2D eigenvalue weighted by Gasteiger charge is -1.90. The van der Waals surface area contributed by atoms with E-state index in [0.29, 0.717) is 0 Å². The van der Waals surface area contributed by atoms with Gasteiger partial charge in [-0.15, -0.1) is 0 Å². The Morgan fingerprint density at radius 2 is 2.06 bits per heavy atom. The zero-order valence-corrected chi connectivity index (χ0v) is 8.40. The Labute approximate surface area is 91.1 Å². The summed E-state index contributed by atoms with van der Waals surface area (Å²) >= 11 is 0. The molecule has 0 spiro atoms. The van der Waals surface area contributed by atoms with Crippen LogP contribution in [0.3, 0.4) is 0 Å². The number of aromatic nitrogens is 2. The molecule has 0 saturated heterocycles. The molecule has 0 atom stereocenters. The minimum absolute atomic E-state index is 0.202. The van der Waals surface area contributed by atoms with E-state index in [2.05, 4.69) is 9.97 Å². The third-order valence-electron chi connectivity index (χ3n) is 2.61. The van der Waals surface area contributed by atoms with Crippen LogP contribution in [0.5, 0.6) is 0 Å². The van der Waals surface area contributed by atoms with E-state index in [1.807, 2.05) is 24.3 Å². The van der Waals surface area contributed by atoms with E-state index in [-0.39, 0.29) is 11.2 Å². The second-order valence-corrected chi connectivity index (χ2v) is 3.65. The van der Waals surface area contributed by atoms with Crippen molar-refractivity contribution in [3.05, 3.63) is 46.9 Å². The molecule has 1 aromatic carbocycles. The van der Waals surface area contributed by atoms with Crippen LogP contribution < -0.4 is 11.3 Å². The van der Waals surface area contributed by atoms with Crippen LogP contribution in [-0.2, 0) is 0 Å². The van der Waals surface area contributed by atoms with Crippen LogP contribution in [0.25, 0.3) is 22.2 Å². The Bertz CT molecular complexity index is 702. The Hall–Kier alpha value is -2.36. The van der Waals surface area contributed by atoms with Gasteiger partial charge < -0.3 is 10.7 Å². The normalized spacial score (nSPS) is 11.0. The Morgan fingerprint density at radius 3 is 2.94 bits per heavy atom. The molecule has 0 fully saturated rings. The monoisotopic (exact) mass is 211 g/mol. The molecule has 16 heavy (non-hydrogen) atoms. The largest absolute Gasteiger partial charge is 0.394 e. The minimum atomic E-state index is -0.290. The standard InChI is InChI=1S/C12H9N3O/c13-9-5-8-7-3-1-2-4-10(7)15-11(8)6-14-12(9)16/h1-6H,13H2,(H,14,16). The van der Waals surface area contributed by atoms with E-state index < -0.39 is 0 Å². The Kier molecular flexibility index (Phi) is 1.71. The van der Waals surface area contributed by atoms with Gasteiger partial charge in [-0.25, -0.2) is 4.98 Å². The number of anilines is 1. The summed E-state index contributed by atoms with van der Waals surface area (Å²) in [7, 11) is 0. The van der Waals surface area contributed by atoms with Crippen molar-refractivity contribution in [2.24, 2.45) is 0 Å². The smallest absolute Gasteiger partial charge is 0.271 e. The molecule has 0 unspecified atom stereocenters. The summed E-state index contributed by atoms with van der Waals surface area (Å²) in [5.41, 5.74) is 8.10. The molecule has 4 nitrogen and oxygen atoms in total. The van der Waals surface area contributed by atoms with Gasteiger partial charge in [0.25, 0.3) is 5.56 Å². The third-order valence-corrected chi connectivity index (χ3v) is 2.61. The van der Waals surface area contributed by atoms with Crippen molar-refractivity contribution in [3.8, 4) is 11.3 Å². The summed E-state index contributed by atoms with van der Waals surface area (Å²) in [6, 6.07) is 9.44. The van der Waals surface area contributed by atoms with E-state index in [9.17, 15) is 4.79 Å². The van der Waals surface area contributed by atoms with Crippen molar-refractivity contribution in [3.63, 3.8) is 0 Å². The van der Waals surface area contributed by atoms with Crippen LogP contribution >= 0.6 is 0 Å². The van der Waals surface area contributed by atoms with Crippen LogP contribution in [0.15, 0.2) is 41.3 Å². The number of rotatable bonds is 0. The Morgan fingerprint density at radius 1 is 1.25 bits per heavy atom. The van der Waals surface area contributed by atoms with E-state index in [1.54, 1.807) is 12.3 Å². The topological polar surface area (TPSA) is 71.8 Å². The van der Waals surface area contributed by atoms with Gasteiger partial charge in [-0.1, -0.05) is 18.2 Å². The number of benzene rings is 1. The predicted molar refractivity (Wildman–Crippen MR) is 63.4 cm³/mol. The van der Waals surface area contributed by atoms with Crippen LogP contribution in [0.2, 0.25) is 0 Å². The fourth-order valence-electron chi connectivity index (χ4n) is 1.83. The molecule has 4 heteroatoms. The van der Waals surface area contributed by atoms with Gasteiger partial charge in [-0.05, 0) is 12.1 Å². The molecule has 2 aliphatic rings. The van der Waals surface area contributed by atoms with Gasteiger partial charge in [-0.2, -0.15) is 0 Å². The Balaban J connectivity index is 2.53. The lowest BCUT2D eigenvalue weighted by atomic mass is 10.1. The maximum Gasteiger partial charge on any atom is 0.271 e. The van der Waals surface area contributed by atoms with Gasteiger partial charge in [0.2, 0.25) is 0 Å². The first-order valence-corrected chi connectivity index (χ1v) is 4.92. The average Bonchev–Trinajstić information content (AvgIpc) is 2.58. The minimum Gasteiger partial charge on any atom is -0.394 e. The van der Waals surface area contributed by atoms with Crippen molar-refractivity contribution in [1.82, 2.24) is 9.97 Å². The number of nitrogens with one attached hydrogen (secondary N) is 1. The maximum atomic E-state index is 11.4. The van der Waals surface area contributed by atoms with Crippen LogP contribution in [0.4, 0.5) is 5.69 Å². The number of nitrogens with zero attached hydrogens (tertiary/aromatic N) is 1. The highest BCUT2D eigenvalue weighted by atomic mass is 16.1. The highest BCUT2D eigenvalue weighted by molar-refractivity contribution is 5.97. The molecule has 0 amide bonds. The number of nitrogens with two attached hydrogens (primary N) is 1. The fourth-order valence-corrected chi connectivity index (χ4v) is 1.83. The number of fused-ring (bicyclic) bond motifs is 3. The molecular weight excluding hydrogens is 202 g/mol. The van der Waals surface area contributed by atoms with Crippen molar-refractivity contribution in [2.75, 3.05) is 5.73 Å². The molecule has 78 valence electrons. The first-order chi connectivity index (χ1) is 7.75. The van der Waals surface area contributed by atoms with E-state index in [4.69, 9.17) is 5.73 Å². The number of para-hydroxylation sites is 1. The number of hydrogen-bond donors (Lipinski definition) is 2. The molecular formula is C12H9N3O. The highest BCUT2D eigenvalue weighted by Crippen LogP contribution is 2.29. The maximum absolute atomic E-state index is 11.4. The first-order valence-electron chi connectivity index (χ1n) is 4.92. The van der Waals surface area contributed by atoms with Crippen LogP contribution in [0.1, 0.15) is 0 Å². The zero-order chi connectivity index (χ0) is 11.1. The van der Waals surface area contributed by atoms with Crippen molar-refractivity contribution in [1.29, 1.82) is 0 Å². The van der Waals surface area contributed by atoms with Gasteiger partial charge >= 0.3 is 0 Å². The van der Waals surface area contributed by atoms with E-state index in [1.165, 1.54) is 0 Å². The van der Waals surface area contributed by atoms with Crippen molar-refractivity contribution < 1.29 is 0 Å². The molecule has 0 saturated carbocycles. The lowest BCUT2D eigenvalue weighted by Crippen LogP contribution is -2.06. The summed E-state index contributed by atoms with van der Waals surface area (Å²) in [4.78, 5) is 18.4. The molecule has 1 aromatic rings. The molecule has 0 bridgehead atoms. The van der Waals surface area contributed by atoms with Gasteiger partial charge in [0.15, 0.2) is 0 Å². The third kappa shape index (κ3) is 1.16. The average molecular weight is 211 g/mol. The summed E-state index contributed by atoms with van der Waals surface area (Å²) in [5.74, 6) is 0. The van der Waals surface area contributed by atoms with Crippen LogP contribution in [0, 0.1) is 0 Å². The molecule has 3 rings (SSSR count). The second kappa shape index (κ2) is 3.06. The molecule has 0 radical (unpaired) electrons. The van der Waals surface area contributed by atoms with Crippen molar-refractivity contribution in [2.45, 2.75) is 0 Å². The predicted octanol–water partition coefficient (Wildman–Crippen LogP) is 1.61. The summed E-state index contributed by atoms with van der Waals surface area (Å²) < 4.78 is 0. The van der Waals surface area contributed by atoms with Crippen molar-refractivity contribution >= 4 is 16.6 Å². The number of nitrogen functional groups attached to an aromatic ring is 1. The quantitative estimate of drug-likeness (QED) is 0.593. The van der Waals surface area contributed by atoms with E-state index in [0.717, 1.165) is 22.2 Å². The lowest BCUT2D eigenvalue weighted by molar-refractivity contribution is 1.26. The second-order valence-electron chi connectivity index (χ2n) is 3.65. The molecule has 0 aliphatic carbocycles. The van der Waals surface area contributed by atoms with Gasteiger partial charge in [0, 0.05) is 17.1 Å². The zero-order valence-electron chi connectivity index (χ0n) is 8.40. The fraction of sp³-hybridized carbons (Fsp3) is 0. The van der Waals surface area contributed by atoms with Gasteiger partial charge in [-0.3, -0.25) is 4.79 Å². The SMILES string of the molecule is Nc1cc2c3ccccc3nc-2c[nH]c1=O. The summed E-state index contributed by atoms with van der Waals surface area (Å²) in [6.07, 6.45) is 1.59. The highest BCUT2D eigenvalue weighted by Gasteiger charge is 2.10. The number of H-pyrrole nitrogens is 1. The molecule has 2 aliphatic heterocycles. The number of aromatic amines is 1. The summed E-state index contributed by atoms with van der Waals surface area (Å²) in [6.45, 7) is 0. The molecule has 3 N–H and O–H groups in total. The van der Waals surface area contributed by atoms with Gasteiger partial charge in [0.1, 0.15) is 0 Å². The molecule has 2 heterocycles. The number of hydrogen-bond acceptors (Lipinski definition) is 3. The molecule has 0 aromatic heterocycles. The summed E-state index contributed by atoms with van der Waals surface area (Å²) in [5, 5.41) is 1.01. The van der Waals surface area contributed by atoms with Crippen LogP contribution in [-0.4, -0.2) is 9.97 Å².